The third-order valence-corrected chi connectivity index (χ3v) is 6.33. The number of rotatable bonds is 5. The highest BCUT2D eigenvalue weighted by atomic mass is 32.2. The summed E-state index contributed by atoms with van der Waals surface area (Å²) in [5.74, 6) is 0.356. The second-order valence-electron chi connectivity index (χ2n) is 6.90. The fourth-order valence-corrected chi connectivity index (χ4v) is 4.67. The summed E-state index contributed by atoms with van der Waals surface area (Å²) in [7, 11) is -3.32. The monoisotopic (exact) mass is 351 g/mol. The van der Waals surface area contributed by atoms with Gasteiger partial charge in [0.15, 0.2) is 0 Å². The van der Waals surface area contributed by atoms with E-state index in [9.17, 15) is 13.2 Å². The van der Waals surface area contributed by atoms with Gasteiger partial charge in [0.1, 0.15) is 0 Å². The smallest absolute Gasteiger partial charge is 0.225 e. The number of likely N-dealkylation sites (tertiary alicyclic amines) is 1. The lowest BCUT2D eigenvalue weighted by molar-refractivity contribution is -0.143. The first-order chi connectivity index (χ1) is 11.4. The molecule has 6 nitrogen and oxygen atoms in total. The van der Waals surface area contributed by atoms with Crippen LogP contribution in [0.5, 0.6) is 0 Å². The number of carbonyl (C=O) groups is 1. The highest BCUT2D eigenvalue weighted by Gasteiger charge is 2.40. The van der Waals surface area contributed by atoms with Crippen molar-refractivity contribution in [2.45, 2.75) is 44.7 Å². The van der Waals surface area contributed by atoms with Crippen LogP contribution in [-0.2, 0) is 21.4 Å². The second-order valence-corrected chi connectivity index (χ2v) is 8.83. The summed E-state index contributed by atoms with van der Waals surface area (Å²) in [5, 5.41) is 0. The first kappa shape index (κ1) is 17.4. The standard InChI is InChI=1S/C17H25N3O3S/c1-24(22,23)20(11-14-7-9-18-10-8-14)16-12-19(13-16)17(21)15-5-3-2-4-6-15/h7-10,15-16H,2-6,11-13H2,1H3. The average Bonchev–Trinajstić information content (AvgIpc) is 2.53. The Morgan fingerprint density at radius 1 is 1.21 bits per heavy atom. The van der Waals surface area contributed by atoms with Gasteiger partial charge in [0.2, 0.25) is 15.9 Å². The van der Waals surface area contributed by atoms with E-state index in [1.165, 1.54) is 17.0 Å². The summed E-state index contributed by atoms with van der Waals surface area (Å²) in [6, 6.07) is 3.52. The molecule has 7 heteroatoms. The molecule has 2 fully saturated rings. The zero-order valence-electron chi connectivity index (χ0n) is 14.1. The Hall–Kier alpha value is -1.47. The van der Waals surface area contributed by atoms with Gasteiger partial charge in [-0.05, 0) is 30.5 Å². The first-order valence-corrected chi connectivity index (χ1v) is 10.4. The molecule has 1 aromatic heterocycles. The lowest BCUT2D eigenvalue weighted by atomic mass is 9.87. The van der Waals surface area contributed by atoms with E-state index in [4.69, 9.17) is 0 Å². The molecule has 3 rings (SSSR count). The van der Waals surface area contributed by atoms with Crippen molar-refractivity contribution in [3.63, 3.8) is 0 Å². The maximum absolute atomic E-state index is 12.5. The van der Waals surface area contributed by atoms with Crippen LogP contribution in [0.2, 0.25) is 0 Å². The van der Waals surface area contributed by atoms with Crippen LogP contribution in [0.1, 0.15) is 37.7 Å². The zero-order valence-corrected chi connectivity index (χ0v) is 14.9. The maximum Gasteiger partial charge on any atom is 0.225 e. The Balaban J connectivity index is 1.61. The van der Waals surface area contributed by atoms with Gasteiger partial charge in [0.05, 0.1) is 12.3 Å². The number of hydrogen-bond acceptors (Lipinski definition) is 4. The highest BCUT2D eigenvalue weighted by Crippen LogP contribution is 2.29. The van der Waals surface area contributed by atoms with Gasteiger partial charge < -0.3 is 4.90 Å². The molecule has 0 bridgehead atoms. The molecule has 0 spiro atoms. The molecule has 1 aromatic rings. The van der Waals surface area contributed by atoms with Crippen molar-refractivity contribution in [2.75, 3.05) is 19.3 Å². The van der Waals surface area contributed by atoms with Gasteiger partial charge in [-0.15, -0.1) is 0 Å². The third-order valence-electron chi connectivity index (χ3n) is 5.05. The normalized spacial score (nSPS) is 20.2. The van der Waals surface area contributed by atoms with E-state index >= 15 is 0 Å². The molecule has 0 aromatic carbocycles. The minimum absolute atomic E-state index is 0.124. The summed E-state index contributed by atoms with van der Waals surface area (Å²) in [6.45, 7) is 1.35. The van der Waals surface area contributed by atoms with E-state index in [-0.39, 0.29) is 17.9 Å². The summed E-state index contributed by atoms with van der Waals surface area (Å²) in [4.78, 5) is 18.3. The quantitative estimate of drug-likeness (QED) is 0.808. The molecule has 0 unspecified atom stereocenters. The molecule has 1 saturated heterocycles. The number of nitrogens with zero attached hydrogens (tertiary/aromatic N) is 3. The number of carbonyl (C=O) groups excluding carboxylic acids is 1. The van der Waals surface area contributed by atoms with Crippen LogP contribution in [0.4, 0.5) is 0 Å². The summed E-state index contributed by atoms with van der Waals surface area (Å²) in [6.07, 6.45) is 10.0. The van der Waals surface area contributed by atoms with Crippen LogP contribution in [0.15, 0.2) is 24.5 Å². The Labute approximate surface area is 143 Å². The fourth-order valence-electron chi connectivity index (χ4n) is 3.61. The topological polar surface area (TPSA) is 70.6 Å². The Morgan fingerprint density at radius 2 is 1.83 bits per heavy atom. The minimum atomic E-state index is -3.32. The molecule has 132 valence electrons. The van der Waals surface area contributed by atoms with Gasteiger partial charge in [0.25, 0.3) is 0 Å². The van der Waals surface area contributed by atoms with Crippen molar-refractivity contribution in [1.82, 2.24) is 14.2 Å². The van der Waals surface area contributed by atoms with Gasteiger partial charge >= 0.3 is 0 Å². The first-order valence-electron chi connectivity index (χ1n) is 8.59. The van der Waals surface area contributed by atoms with Gasteiger partial charge in [-0.25, -0.2) is 8.42 Å². The van der Waals surface area contributed by atoms with E-state index in [1.54, 1.807) is 12.4 Å². The van der Waals surface area contributed by atoms with Crippen LogP contribution in [0, 0.1) is 5.92 Å². The van der Waals surface area contributed by atoms with E-state index in [0.29, 0.717) is 19.6 Å². The predicted octanol–water partition coefficient (Wildman–Crippen LogP) is 1.63. The van der Waals surface area contributed by atoms with Crippen molar-refractivity contribution >= 4 is 15.9 Å². The molecule has 1 aliphatic carbocycles. The Kier molecular flexibility index (Phi) is 5.20. The van der Waals surface area contributed by atoms with Crippen molar-refractivity contribution in [3.05, 3.63) is 30.1 Å². The van der Waals surface area contributed by atoms with Crippen molar-refractivity contribution in [2.24, 2.45) is 5.92 Å². The fraction of sp³-hybridized carbons (Fsp3) is 0.647. The molecule has 24 heavy (non-hydrogen) atoms. The number of amides is 1. The van der Waals surface area contributed by atoms with E-state index in [2.05, 4.69) is 4.98 Å². The number of aromatic nitrogens is 1. The molecule has 0 radical (unpaired) electrons. The summed E-state index contributed by atoms with van der Waals surface area (Å²) < 4.78 is 25.8. The number of pyridine rings is 1. The average molecular weight is 351 g/mol. The van der Waals surface area contributed by atoms with Crippen LogP contribution < -0.4 is 0 Å². The molecular weight excluding hydrogens is 326 g/mol. The molecule has 0 N–H and O–H groups in total. The molecule has 1 amide bonds. The Morgan fingerprint density at radius 3 is 2.42 bits per heavy atom. The molecule has 0 atom stereocenters. The predicted molar refractivity (Wildman–Crippen MR) is 91.6 cm³/mol. The minimum Gasteiger partial charge on any atom is -0.339 e. The zero-order chi connectivity index (χ0) is 17.2. The van der Waals surface area contributed by atoms with Crippen molar-refractivity contribution in [1.29, 1.82) is 0 Å². The van der Waals surface area contributed by atoms with Crippen LogP contribution >= 0.6 is 0 Å². The van der Waals surface area contributed by atoms with Gasteiger partial charge in [0, 0.05) is 37.9 Å². The SMILES string of the molecule is CS(=O)(=O)N(Cc1ccncc1)C1CN(C(=O)C2CCCCC2)C1. The molecular formula is C17H25N3O3S. The van der Waals surface area contributed by atoms with Gasteiger partial charge in [-0.1, -0.05) is 19.3 Å². The third kappa shape index (κ3) is 3.95. The summed E-state index contributed by atoms with van der Waals surface area (Å²) in [5.41, 5.74) is 0.910. The molecule has 2 aliphatic rings. The van der Waals surface area contributed by atoms with Crippen LogP contribution in [0.25, 0.3) is 0 Å². The van der Waals surface area contributed by atoms with Crippen molar-refractivity contribution < 1.29 is 13.2 Å². The molecule has 1 saturated carbocycles. The summed E-state index contributed by atoms with van der Waals surface area (Å²) >= 11 is 0. The van der Waals surface area contributed by atoms with E-state index in [1.807, 2.05) is 17.0 Å². The van der Waals surface area contributed by atoms with Crippen LogP contribution in [-0.4, -0.2) is 53.9 Å². The van der Waals surface area contributed by atoms with Gasteiger partial charge in [-0.2, -0.15) is 4.31 Å². The second kappa shape index (κ2) is 7.19. The largest absolute Gasteiger partial charge is 0.339 e. The lowest BCUT2D eigenvalue weighted by Gasteiger charge is -2.45. The molecule has 1 aliphatic heterocycles. The van der Waals surface area contributed by atoms with E-state index in [0.717, 1.165) is 31.2 Å². The van der Waals surface area contributed by atoms with Crippen LogP contribution in [0.3, 0.4) is 0 Å². The molecule has 2 heterocycles. The highest BCUT2D eigenvalue weighted by molar-refractivity contribution is 7.88. The number of sulfonamides is 1. The Bertz CT molecular complexity index is 666. The maximum atomic E-state index is 12.5. The van der Waals surface area contributed by atoms with Gasteiger partial charge in [-0.3, -0.25) is 9.78 Å². The number of hydrogen-bond donors (Lipinski definition) is 0. The lowest BCUT2D eigenvalue weighted by Crippen LogP contribution is -2.62. The van der Waals surface area contributed by atoms with Crippen molar-refractivity contribution in [3.8, 4) is 0 Å². The van der Waals surface area contributed by atoms with E-state index < -0.39 is 10.0 Å².